The van der Waals surface area contributed by atoms with E-state index in [1.54, 1.807) is 15.9 Å². The first-order valence-electron chi connectivity index (χ1n) is 8.47. The number of hydrogen-bond acceptors (Lipinski definition) is 3. The van der Waals surface area contributed by atoms with Crippen molar-refractivity contribution in [1.82, 2.24) is 14.7 Å². The van der Waals surface area contributed by atoms with Crippen molar-refractivity contribution >= 4 is 23.5 Å². The maximum Gasteiger partial charge on any atom is 0.321 e. The van der Waals surface area contributed by atoms with E-state index >= 15 is 0 Å². The smallest absolute Gasteiger partial charge is 0.321 e. The van der Waals surface area contributed by atoms with E-state index in [-0.39, 0.29) is 24.4 Å². The Balaban J connectivity index is 1.47. The third kappa shape index (κ3) is 2.71. The Kier molecular flexibility index (Phi) is 3.82. The van der Waals surface area contributed by atoms with E-state index < -0.39 is 17.9 Å². The van der Waals surface area contributed by atoms with Crippen LogP contribution in [0.25, 0.3) is 0 Å². The van der Waals surface area contributed by atoms with Crippen molar-refractivity contribution in [3.8, 4) is 0 Å². The Morgan fingerprint density at radius 2 is 1.84 bits per heavy atom. The molecule has 0 unspecified atom stereocenters. The maximum atomic E-state index is 13.2. The number of piperazine rings is 2. The first-order chi connectivity index (χ1) is 12.0. The molecule has 0 radical (unpaired) electrons. The number of fused-ring (bicyclic) bond motifs is 2. The van der Waals surface area contributed by atoms with Gasteiger partial charge < -0.3 is 20.0 Å². The summed E-state index contributed by atoms with van der Waals surface area (Å²) >= 11 is 0. The van der Waals surface area contributed by atoms with Crippen LogP contribution < -0.4 is 5.32 Å². The standard InChI is InChI=1S/C17H19FN4O3/c18-11-3-1-4-12(9-11)19-17(25)20-7-8-22-14(10-20)16(24)21-6-2-5-13(21)15(22)23/h1,3-4,9,13-14H,2,5-8,10H2,(H,19,25)/t13-,14-/m1/s1. The largest absolute Gasteiger partial charge is 0.329 e. The Hall–Kier alpha value is -2.64. The minimum Gasteiger partial charge on any atom is -0.329 e. The first-order valence-corrected chi connectivity index (χ1v) is 8.47. The van der Waals surface area contributed by atoms with Gasteiger partial charge in [-0.3, -0.25) is 9.59 Å². The highest BCUT2D eigenvalue weighted by Gasteiger charge is 2.49. The second-order valence-electron chi connectivity index (χ2n) is 6.62. The molecule has 25 heavy (non-hydrogen) atoms. The topological polar surface area (TPSA) is 73.0 Å². The third-order valence-corrected chi connectivity index (χ3v) is 5.13. The van der Waals surface area contributed by atoms with Gasteiger partial charge in [-0.25, -0.2) is 9.18 Å². The number of urea groups is 1. The van der Waals surface area contributed by atoms with Crippen LogP contribution in [0.2, 0.25) is 0 Å². The molecule has 132 valence electrons. The van der Waals surface area contributed by atoms with Gasteiger partial charge in [0.05, 0.1) is 6.54 Å². The van der Waals surface area contributed by atoms with Gasteiger partial charge in [0.25, 0.3) is 0 Å². The average molecular weight is 346 g/mol. The van der Waals surface area contributed by atoms with Crippen molar-refractivity contribution in [1.29, 1.82) is 0 Å². The Morgan fingerprint density at radius 3 is 2.64 bits per heavy atom. The summed E-state index contributed by atoms with van der Waals surface area (Å²) in [7, 11) is 0. The molecule has 0 aromatic heterocycles. The highest BCUT2D eigenvalue weighted by Crippen LogP contribution is 2.29. The van der Waals surface area contributed by atoms with E-state index in [1.807, 2.05) is 0 Å². The number of halogens is 1. The molecule has 3 aliphatic heterocycles. The van der Waals surface area contributed by atoms with E-state index in [0.29, 0.717) is 25.3 Å². The lowest BCUT2D eigenvalue weighted by Gasteiger charge is -2.47. The molecule has 3 fully saturated rings. The van der Waals surface area contributed by atoms with Crippen LogP contribution in [0.5, 0.6) is 0 Å². The van der Waals surface area contributed by atoms with Gasteiger partial charge in [-0.2, -0.15) is 0 Å². The van der Waals surface area contributed by atoms with Crippen LogP contribution in [0.4, 0.5) is 14.9 Å². The van der Waals surface area contributed by atoms with Gasteiger partial charge in [0.2, 0.25) is 11.8 Å². The normalized spacial score (nSPS) is 25.7. The molecule has 0 aliphatic carbocycles. The lowest BCUT2D eigenvalue weighted by molar-refractivity contribution is -0.162. The maximum absolute atomic E-state index is 13.2. The van der Waals surface area contributed by atoms with E-state index in [2.05, 4.69) is 5.32 Å². The second kappa shape index (κ2) is 6.02. The number of anilines is 1. The molecule has 4 amide bonds. The summed E-state index contributed by atoms with van der Waals surface area (Å²) in [5.74, 6) is -0.520. The van der Waals surface area contributed by atoms with Gasteiger partial charge in [-0.1, -0.05) is 6.07 Å². The van der Waals surface area contributed by atoms with Crippen molar-refractivity contribution in [2.45, 2.75) is 24.9 Å². The second-order valence-corrected chi connectivity index (χ2v) is 6.62. The zero-order valence-corrected chi connectivity index (χ0v) is 13.7. The molecule has 0 spiro atoms. The van der Waals surface area contributed by atoms with Crippen molar-refractivity contribution in [2.24, 2.45) is 0 Å². The molecule has 8 heteroatoms. The molecule has 4 rings (SSSR count). The zero-order chi connectivity index (χ0) is 17.6. The first kappa shape index (κ1) is 15.9. The van der Waals surface area contributed by atoms with Crippen LogP contribution >= 0.6 is 0 Å². The summed E-state index contributed by atoms with van der Waals surface area (Å²) in [6, 6.07) is 4.31. The van der Waals surface area contributed by atoms with Gasteiger partial charge in [0.15, 0.2) is 0 Å². The average Bonchev–Trinajstić information content (AvgIpc) is 3.09. The van der Waals surface area contributed by atoms with Crippen molar-refractivity contribution in [2.75, 3.05) is 31.5 Å². The molecule has 1 aromatic rings. The lowest BCUT2D eigenvalue weighted by atomic mass is 10.0. The van der Waals surface area contributed by atoms with E-state index in [0.717, 1.165) is 12.8 Å². The highest BCUT2D eigenvalue weighted by molar-refractivity contribution is 5.98. The van der Waals surface area contributed by atoms with Gasteiger partial charge in [-0.15, -0.1) is 0 Å². The monoisotopic (exact) mass is 346 g/mol. The fourth-order valence-electron chi connectivity index (χ4n) is 3.88. The van der Waals surface area contributed by atoms with Gasteiger partial charge in [-0.05, 0) is 31.0 Å². The molecule has 1 N–H and O–H groups in total. The van der Waals surface area contributed by atoms with Crippen LogP contribution in [0.1, 0.15) is 12.8 Å². The van der Waals surface area contributed by atoms with Gasteiger partial charge in [0.1, 0.15) is 17.9 Å². The Morgan fingerprint density at radius 1 is 1.08 bits per heavy atom. The predicted molar refractivity (Wildman–Crippen MR) is 87.2 cm³/mol. The minimum absolute atomic E-state index is 0.00714. The fraction of sp³-hybridized carbons (Fsp3) is 0.471. The zero-order valence-electron chi connectivity index (χ0n) is 13.7. The number of hydrogen-bond donors (Lipinski definition) is 1. The number of rotatable bonds is 1. The number of benzene rings is 1. The van der Waals surface area contributed by atoms with Gasteiger partial charge in [0, 0.05) is 25.3 Å². The summed E-state index contributed by atoms with van der Waals surface area (Å²) < 4.78 is 13.2. The summed E-state index contributed by atoms with van der Waals surface area (Å²) in [5, 5.41) is 2.64. The van der Waals surface area contributed by atoms with Crippen LogP contribution in [-0.4, -0.2) is 70.8 Å². The molecule has 7 nitrogen and oxygen atoms in total. The van der Waals surface area contributed by atoms with Crippen molar-refractivity contribution < 1.29 is 18.8 Å². The minimum atomic E-state index is -0.617. The number of carbonyl (C=O) groups is 3. The molecule has 3 aliphatic rings. The molecule has 3 saturated heterocycles. The molecule has 3 heterocycles. The molecular weight excluding hydrogens is 327 g/mol. The SMILES string of the molecule is O=C(Nc1cccc(F)c1)N1CCN2C(=O)[C@H]3CCCN3C(=O)[C@H]2C1. The number of amides is 4. The summed E-state index contributed by atoms with van der Waals surface area (Å²) in [5.41, 5.74) is 0.359. The molecule has 1 aromatic carbocycles. The summed E-state index contributed by atoms with van der Waals surface area (Å²) in [6.45, 7) is 1.46. The predicted octanol–water partition coefficient (Wildman–Crippen LogP) is 0.875. The lowest BCUT2D eigenvalue weighted by Crippen LogP contribution is -2.69. The van der Waals surface area contributed by atoms with E-state index in [1.165, 1.54) is 23.1 Å². The molecular formula is C17H19FN4O3. The fourth-order valence-corrected chi connectivity index (χ4v) is 3.88. The molecule has 0 bridgehead atoms. The van der Waals surface area contributed by atoms with Crippen LogP contribution in [0, 0.1) is 5.82 Å². The number of carbonyl (C=O) groups excluding carboxylic acids is 3. The van der Waals surface area contributed by atoms with E-state index in [4.69, 9.17) is 0 Å². The van der Waals surface area contributed by atoms with Crippen LogP contribution in [-0.2, 0) is 9.59 Å². The van der Waals surface area contributed by atoms with Crippen LogP contribution in [0.3, 0.4) is 0 Å². The van der Waals surface area contributed by atoms with Crippen LogP contribution in [0.15, 0.2) is 24.3 Å². The Bertz CT molecular complexity index is 740. The number of nitrogens with zero attached hydrogens (tertiary/aromatic N) is 3. The van der Waals surface area contributed by atoms with E-state index in [9.17, 15) is 18.8 Å². The summed E-state index contributed by atoms with van der Waals surface area (Å²) in [6.07, 6.45) is 1.56. The number of nitrogens with one attached hydrogen (secondary N) is 1. The molecule has 2 atom stereocenters. The third-order valence-electron chi connectivity index (χ3n) is 5.13. The Labute approximate surface area is 144 Å². The van der Waals surface area contributed by atoms with Crippen molar-refractivity contribution in [3.63, 3.8) is 0 Å². The quantitative estimate of drug-likeness (QED) is 0.820. The van der Waals surface area contributed by atoms with Gasteiger partial charge >= 0.3 is 6.03 Å². The summed E-state index contributed by atoms with van der Waals surface area (Å²) in [4.78, 5) is 42.4. The van der Waals surface area contributed by atoms with Crippen molar-refractivity contribution in [3.05, 3.63) is 30.1 Å². The highest BCUT2D eigenvalue weighted by atomic mass is 19.1. The molecule has 0 saturated carbocycles.